The number of carbonyl (C=O) groups excluding carboxylic acids is 1. The average molecular weight is 517 g/mol. The average Bonchev–Trinajstić information content (AvgIpc) is 2.61. The summed E-state index contributed by atoms with van der Waals surface area (Å²) in [4.78, 5) is 15.8. The summed E-state index contributed by atoms with van der Waals surface area (Å²) in [5, 5.41) is 6.03. The van der Waals surface area contributed by atoms with Gasteiger partial charge in [-0.15, -0.1) is 24.0 Å². The zero-order valence-electron chi connectivity index (χ0n) is 16.4. The van der Waals surface area contributed by atoms with E-state index in [-0.39, 0.29) is 48.2 Å². The number of hydrogen-bond donors (Lipinski definition) is 2. The smallest absolute Gasteiger partial charge is 0.422 e. The third-order valence-corrected chi connectivity index (χ3v) is 3.54. The minimum Gasteiger partial charge on any atom is -0.484 e. The van der Waals surface area contributed by atoms with Crippen LogP contribution in [0.15, 0.2) is 23.2 Å². The van der Waals surface area contributed by atoms with Gasteiger partial charge in [0.1, 0.15) is 5.75 Å². The Balaban J connectivity index is 0.00000729. The summed E-state index contributed by atoms with van der Waals surface area (Å²) in [5.74, 6) is -0.130. The van der Waals surface area contributed by atoms with E-state index in [1.54, 1.807) is 32.0 Å². The molecule has 1 rings (SSSR count). The molecule has 6 nitrogen and oxygen atoms in total. The quantitative estimate of drug-likeness (QED) is 0.240. The van der Waals surface area contributed by atoms with Crippen LogP contribution in [-0.2, 0) is 16.1 Å². The number of esters is 1. The minimum atomic E-state index is -4.41. The number of carbonyl (C=O) groups is 1. The Hall–Kier alpha value is -1.72. The SMILES string of the molecule is CCNC(=NCc1ccc(C)cc1OCC(F)(F)F)NCC(C)C(=O)OC.I. The second-order valence-corrected chi connectivity index (χ2v) is 6.02. The second-order valence-electron chi connectivity index (χ2n) is 6.02. The number of aliphatic imine (C=N–C) groups is 1. The summed E-state index contributed by atoms with van der Waals surface area (Å²) in [7, 11) is 1.32. The molecule has 0 amide bonds. The van der Waals surface area contributed by atoms with E-state index < -0.39 is 12.8 Å². The van der Waals surface area contributed by atoms with Crippen molar-refractivity contribution in [1.82, 2.24) is 10.6 Å². The van der Waals surface area contributed by atoms with Crippen LogP contribution in [0.1, 0.15) is 25.0 Å². The van der Waals surface area contributed by atoms with Gasteiger partial charge in [-0.25, -0.2) is 4.99 Å². The number of nitrogens with zero attached hydrogens (tertiary/aromatic N) is 1. The van der Waals surface area contributed by atoms with Gasteiger partial charge in [0.15, 0.2) is 12.6 Å². The molecular formula is C18H27F3IN3O3. The van der Waals surface area contributed by atoms with E-state index in [0.29, 0.717) is 24.6 Å². The first kappa shape index (κ1) is 26.3. The van der Waals surface area contributed by atoms with Crippen LogP contribution in [0.25, 0.3) is 0 Å². The van der Waals surface area contributed by atoms with Gasteiger partial charge in [0, 0.05) is 18.7 Å². The lowest BCUT2D eigenvalue weighted by Crippen LogP contribution is -2.40. The Morgan fingerprint density at radius 3 is 2.54 bits per heavy atom. The van der Waals surface area contributed by atoms with Crippen molar-refractivity contribution in [3.05, 3.63) is 29.3 Å². The number of methoxy groups -OCH3 is 1. The lowest BCUT2D eigenvalue weighted by Gasteiger charge is -2.16. The van der Waals surface area contributed by atoms with Gasteiger partial charge < -0.3 is 20.1 Å². The maximum atomic E-state index is 12.4. The highest BCUT2D eigenvalue weighted by atomic mass is 127. The first-order valence-corrected chi connectivity index (χ1v) is 8.55. The number of aryl methyl sites for hydroxylation is 1. The van der Waals surface area contributed by atoms with Gasteiger partial charge in [-0.3, -0.25) is 4.79 Å². The van der Waals surface area contributed by atoms with Crippen molar-refractivity contribution in [2.45, 2.75) is 33.5 Å². The van der Waals surface area contributed by atoms with Gasteiger partial charge in [0.25, 0.3) is 0 Å². The van der Waals surface area contributed by atoms with Crippen LogP contribution in [0.5, 0.6) is 5.75 Å². The van der Waals surface area contributed by atoms with Crippen LogP contribution in [-0.4, -0.2) is 44.9 Å². The molecule has 1 unspecified atom stereocenters. The van der Waals surface area contributed by atoms with Crippen LogP contribution >= 0.6 is 24.0 Å². The molecule has 160 valence electrons. The van der Waals surface area contributed by atoms with Crippen molar-refractivity contribution >= 4 is 35.9 Å². The van der Waals surface area contributed by atoms with Crippen LogP contribution in [0.3, 0.4) is 0 Å². The predicted molar refractivity (Wildman–Crippen MR) is 112 cm³/mol. The Bertz CT molecular complexity index is 655. The third-order valence-electron chi connectivity index (χ3n) is 3.54. The van der Waals surface area contributed by atoms with Crippen LogP contribution in [0.4, 0.5) is 13.2 Å². The van der Waals surface area contributed by atoms with Crippen molar-refractivity contribution in [3.8, 4) is 5.75 Å². The summed E-state index contributed by atoms with van der Waals surface area (Å²) in [6.07, 6.45) is -4.41. The minimum absolute atomic E-state index is 0. The molecule has 0 saturated heterocycles. The number of halogens is 4. The Kier molecular flexibility index (Phi) is 11.9. The summed E-state index contributed by atoms with van der Waals surface area (Å²) in [6.45, 7) is 5.02. The number of alkyl halides is 3. The van der Waals surface area contributed by atoms with Crippen molar-refractivity contribution in [2.24, 2.45) is 10.9 Å². The summed E-state index contributed by atoms with van der Waals surface area (Å²) < 4.78 is 46.9. The maximum absolute atomic E-state index is 12.4. The number of hydrogen-bond acceptors (Lipinski definition) is 4. The van der Waals surface area contributed by atoms with Crippen molar-refractivity contribution in [3.63, 3.8) is 0 Å². The fourth-order valence-corrected chi connectivity index (χ4v) is 2.13. The molecule has 1 aromatic carbocycles. The lowest BCUT2D eigenvalue weighted by molar-refractivity contribution is -0.153. The Morgan fingerprint density at radius 1 is 1.29 bits per heavy atom. The van der Waals surface area contributed by atoms with Gasteiger partial charge in [-0.2, -0.15) is 13.2 Å². The molecule has 0 bridgehead atoms. The number of guanidine groups is 1. The molecule has 0 spiro atoms. The fourth-order valence-electron chi connectivity index (χ4n) is 2.13. The number of rotatable bonds is 8. The highest BCUT2D eigenvalue weighted by Crippen LogP contribution is 2.24. The molecule has 0 aliphatic carbocycles. The molecule has 0 aliphatic rings. The monoisotopic (exact) mass is 517 g/mol. The topological polar surface area (TPSA) is 72.0 Å². The Morgan fingerprint density at radius 2 is 1.96 bits per heavy atom. The molecular weight excluding hydrogens is 490 g/mol. The number of nitrogens with one attached hydrogen (secondary N) is 2. The molecule has 28 heavy (non-hydrogen) atoms. The molecule has 0 fully saturated rings. The highest BCUT2D eigenvalue weighted by molar-refractivity contribution is 14.0. The van der Waals surface area contributed by atoms with Crippen LogP contribution in [0.2, 0.25) is 0 Å². The number of ether oxygens (including phenoxy) is 2. The van der Waals surface area contributed by atoms with Crippen LogP contribution in [0, 0.1) is 12.8 Å². The maximum Gasteiger partial charge on any atom is 0.422 e. The largest absolute Gasteiger partial charge is 0.484 e. The van der Waals surface area contributed by atoms with Crippen molar-refractivity contribution in [1.29, 1.82) is 0 Å². The molecule has 0 aromatic heterocycles. The molecule has 0 heterocycles. The predicted octanol–water partition coefficient (Wildman–Crippen LogP) is 3.42. The van der Waals surface area contributed by atoms with E-state index in [9.17, 15) is 18.0 Å². The fraction of sp³-hybridized carbons (Fsp3) is 0.556. The molecule has 1 atom stereocenters. The van der Waals surface area contributed by atoms with Gasteiger partial charge >= 0.3 is 12.1 Å². The molecule has 1 aromatic rings. The summed E-state index contributed by atoms with van der Waals surface area (Å²) in [5.41, 5.74) is 1.32. The normalized spacial score (nSPS) is 12.6. The van der Waals surface area contributed by atoms with Gasteiger partial charge in [-0.1, -0.05) is 19.1 Å². The highest BCUT2D eigenvalue weighted by Gasteiger charge is 2.28. The van der Waals surface area contributed by atoms with E-state index in [1.807, 2.05) is 6.92 Å². The van der Waals surface area contributed by atoms with Gasteiger partial charge in [0.05, 0.1) is 19.6 Å². The molecule has 0 radical (unpaired) electrons. The zero-order valence-corrected chi connectivity index (χ0v) is 18.7. The second kappa shape index (κ2) is 12.7. The molecule has 0 aliphatic heterocycles. The third kappa shape index (κ3) is 10.00. The van der Waals surface area contributed by atoms with Gasteiger partial charge in [-0.05, 0) is 25.5 Å². The first-order chi connectivity index (χ1) is 12.7. The van der Waals surface area contributed by atoms with Crippen LogP contribution < -0.4 is 15.4 Å². The molecule has 10 heteroatoms. The molecule has 2 N–H and O–H groups in total. The Labute approximate surface area is 180 Å². The molecule has 0 saturated carbocycles. The van der Waals surface area contributed by atoms with E-state index in [2.05, 4.69) is 20.4 Å². The van der Waals surface area contributed by atoms with Crippen molar-refractivity contribution in [2.75, 3.05) is 26.8 Å². The van der Waals surface area contributed by atoms with E-state index >= 15 is 0 Å². The zero-order chi connectivity index (χ0) is 20.4. The van der Waals surface area contributed by atoms with E-state index in [1.165, 1.54) is 7.11 Å². The van der Waals surface area contributed by atoms with Gasteiger partial charge in [0.2, 0.25) is 0 Å². The summed E-state index contributed by atoms with van der Waals surface area (Å²) in [6, 6.07) is 5.02. The van der Waals surface area contributed by atoms with E-state index in [4.69, 9.17) is 4.74 Å². The van der Waals surface area contributed by atoms with E-state index in [0.717, 1.165) is 5.56 Å². The summed E-state index contributed by atoms with van der Waals surface area (Å²) >= 11 is 0. The standard InChI is InChI=1S/C18H26F3N3O3.HI/c1-5-22-17(23-9-13(3)16(25)26-4)24-10-14-7-6-12(2)8-15(14)27-11-18(19,20)21;/h6-8,13H,5,9-11H2,1-4H3,(H2,22,23,24);1H. The first-order valence-electron chi connectivity index (χ1n) is 8.55. The van der Waals surface area contributed by atoms with Crippen molar-refractivity contribution < 1.29 is 27.4 Å². The lowest BCUT2D eigenvalue weighted by atomic mass is 10.1. The number of benzene rings is 1.